The molecular formula is C13H28N2O2S. The number of hydrogen-bond donors (Lipinski definition) is 2. The Morgan fingerprint density at radius 3 is 2.39 bits per heavy atom. The average molecular weight is 276 g/mol. The Morgan fingerprint density at radius 2 is 1.83 bits per heavy atom. The third-order valence-electron chi connectivity index (χ3n) is 3.44. The minimum Gasteiger partial charge on any atom is -0.315 e. The van der Waals surface area contributed by atoms with Crippen molar-refractivity contribution in [2.45, 2.75) is 52.5 Å². The highest BCUT2D eigenvalue weighted by Gasteiger charge is 2.28. The van der Waals surface area contributed by atoms with Gasteiger partial charge in [0.15, 0.2) is 0 Å². The number of nitrogens with one attached hydrogen (secondary N) is 2. The molecule has 1 rings (SSSR count). The van der Waals surface area contributed by atoms with Gasteiger partial charge in [-0.05, 0) is 44.1 Å². The van der Waals surface area contributed by atoms with Crippen molar-refractivity contribution in [1.82, 2.24) is 10.0 Å². The molecule has 0 bridgehead atoms. The van der Waals surface area contributed by atoms with E-state index in [1.165, 1.54) is 12.8 Å². The third-order valence-corrected chi connectivity index (χ3v) is 4.88. The molecule has 0 aliphatic heterocycles. The molecule has 1 unspecified atom stereocenters. The molecule has 0 aromatic rings. The largest absolute Gasteiger partial charge is 0.315 e. The highest BCUT2D eigenvalue weighted by molar-refractivity contribution is 7.89. The van der Waals surface area contributed by atoms with Crippen molar-refractivity contribution >= 4 is 10.0 Å². The summed E-state index contributed by atoms with van der Waals surface area (Å²) < 4.78 is 26.2. The standard InChI is InChI=1S/C13H28N2O2S/c1-11(2)14-8-4-5-9-18(16,17)15-10-12(3)13-6-7-13/h11-15H,4-10H2,1-3H3. The fourth-order valence-electron chi connectivity index (χ4n) is 1.97. The van der Waals surface area contributed by atoms with Gasteiger partial charge in [-0.15, -0.1) is 0 Å². The van der Waals surface area contributed by atoms with Crippen molar-refractivity contribution in [1.29, 1.82) is 0 Å². The van der Waals surface area contributed by atoms with Crippen LogP contribution in [0.4, 0.5) is 0 Å². The van der Waals surface area contributed by atoms with Crippen LogP contribution < -0.4 is 10.0 Å². The fraction of sp³-hybridized carbons (Fsp3) is 1.00. The van der Waals surface area contributed by atoms with E-state index in [1.54, 1.807) is 0 Å². The van der Waals surface area contributed by atoms with Crippen molar-refractivity contribution in [2.75, 3.05) is 18.8 Å². The van der Waals surface area contributed by atoms with Crippen LogP contribution in [0.25, 0.3) is 0 Å². The predicted octanol–water partition coefficient (Wildman–Crippen LogP) is 1.73. The van der Waals surface area contributed by atoms with E-state index < -0.39 is 10.0 Å². The molecule has 0 aromatic carbocycles. The van der Waals surface area contributed by atoms with Gasteiger partial charge >= 0.3 is 0 Å². The van der Waals surface area contributed by atoms with Gasteiger partial charge in [-0.25, -0.2) is 13.1 Å². The Balaban J connectivity index is 2.07. The van der Waals surface area contributed by atoms with Gasteiger partial charge in [0.2, 0.25) is 10.0 Å². The molecule has 0 spiro atoms. The van der Waals surface area contributed by atoms with Crippen LogP contribution in [0.5, 0.6) is 0 Å². The van der Waals surface area contributed by atoms with E-state index in [1.807, 2.05) is 0 Å². The predicted molar refractivity (Wildman–Crippen MR) is 76.1 cm³/mol. The molecule has 5 heteroatoms. The molecule has 4 nitrogen and oxygen atoms in total. The van der Waals surface area contributed by atoms with E-state index in [2.05, 4.69) is 30.8 Å². The first kappa shape index (κ1) is 15.9. The second-order valence-electron chi connectivity index (χ2n) is 5.80. The zero-order valence-electron chi connectivity index (χ0n) is 11.9. The minimum absolute atomic E-state index is 0.254. The molecule has 2 N–H and O–H groups in total. The normalized spacial score (nSPS) is 18.2. The monoisotopic (exact) mass is 276 g/mol. The van der Waals surface area contributed by atoms with Crippen LogP contribution in [0, 0.1) is 11.8 Å². The maximum Gasteiger partial charge on any atom is 0.211 e. The van der Waals surface area contributed by atoms with E-state index >= 15 is 0 Å². The summed E-state index contributed by atoms with van der Waals surface area (Å²) in [6.45, 7) is 7.82. The van der Waals surface area contributed by atoms with Crippen molar-refractivity contribution in [3.05, 3.63) is 0 Å². The van der Waals surface area contributed by atoms with Crippen LogP contribution in [0.3, 0.4) is 0 Å². The van der Waals surface area contributed by atoms with Crippen LogP contribution in [-0.4, -0.2) is 33.3 Å². The Morgan fingerprint density at radius 1 is 1.17 bits per heavy atom. The van der Waals surface area contributed by atoms with Gasteiger partial charge in [0.05, 0.1) is 5.75 Å². The Hall–Kier alpha value is -0.130. The lowest BCUT2D eigenvalue weighted by Crippen LogP contribution is -2.31. The van der Waals surface area contributed by atoms with Crippen molar-refractivity contribution in [2.24, 2.45) is 11.8 Å². The SMILES string of the molecule is CC(C)NCCCCS(=O)(=O)NCC(C)C1CC1. The highest BCUT2D eigenvalue weighted by atomic mass is 32.2. The zero-order chi connectivity index (χ0) is 13.6. The van der Waals surface area contributed by atoms with Crippen LogP contribution in [0.2, 0.25) is 0 Å². The topological polar surface area (TPSA) is 58.2 Å². The van der Waals surface area contributed by atoms with Gasteiger partial charge in [-0.3, -0.25) is 0 Å². The number of hydrogen-bond acceptors (Lipinski definition) is 3. The molecule has 1 atom stereocenters. The summed E-state index contributed by atoms with van der Waals surface area (Å²) in [5.41, 5.74) is 0. The Labute approximate surface area is 112 Å². The summed E-state index contributed by atoms with van der Waals surface area (Å²) in [7, 11) is -3.06. The maximum atomic E-state index is 11.7. The molecular weight excluding hydrogens is 248 g/mol. The molecule has 0 aromatic heterocycles. The van der Waals surface area contributed by atoms with E-state index in [0.717, 1.165) is 25.3 Å². The van der Waals surface area contributed by atoms with Gasteiger partial charge < -0.3 is 5.32 Å². The Bertz CT molecular complexity index is 324. The molecule has 0 radical (unpaired) electrons. The summed E-state index contributed by atoms with van der Waals surface area (Å²) in [6.07, 6.45) is 4.18. The second kappa shape index (κ2) is 7.46. The summed E-state index contributed by atoms with van der Waals surface area (Å²) in [4.78, 5) is 0. The zero-order valence-corrected chi connectivity index (χ0v) is 12.7. The van der Waals surface area contributed by atoms with E-state index in [4.69, 9.17) is 0 Å². The number of unbranched alkanes of at least 4 members (excludes halogenated alkanes) is 1. The lowest BCUT2D eigenvalue weighted by atomic mass is 10.1. The first-order valence-corrected chi connectivity index (χ1v) is 8.76. The van der Waals surface area contributed by atoms with Gasteiger partial charge in [-0.2, -0.15) is 0 Å². The highest BCUT2D eigenvalue weighted by Crippen LogP contribution is 2.36. The molecule has 1 aliphatic rings. The molecule has 108 valence electrons. The number of rotatable bonds is 10. The number of sulfonamides is 1. The molecule has 1 aliphatic carbocycles. The minimum atomic E-state index is -3.06. The molecule has 1 saturated carbocycles. The maximum absolute atomic E-state index is 11.7. The summed E-state index contributed by atoms with van der Waals surface area (Å²) >= 11 is 0. The average Bonchev–Trinajstić information content (AvgIpc) is 3.08. The smallest absolute Gasteiger partial charge is 0.211 e. The van der Waals surface area contributed by atoms with Gasteiger partial charge in [0.25, 0.3) is 0 Å². The summed E-state index contributed by atoms with van der Waals surface area (Å²) in [6, 6.07) is 0.471. The van der Waals surface area contributed by atoms with E-state index in [0.29, 0.717) is 18.5 Å². The third kappa shape index (κ3) is 7.34. The van der Waals surface area contributed by atoms with E-state index in [9.17, 15) is 8.42 Å². The van der Waals surface area contributed by atoms with Crippen LogP contribution >= 0.6 is 0 Å². The molecule has 0 amide bonds. The van der Waals surface area contributed by atoms with Crippen molar-refractivity contribution < 1.29 is 8.42 Å². The van der Waals surface area contributed by atoms with Crippen molar-refractivity contribution in [3.8, 4) is 0 Å². The van der Waals surface area contributed by atoms with Crippen LogP contribution in [0.15, 0.2) is 0 Å². The molecule has 18 heavy (non-hydrogen) atoms. The first-order valence-electron chi connectivity index (χ1n) is 7.11. The fourth-order valence-corrected chi connectivity index (χ4v) is 3.22. The first-order chi connectivity index (χ1) is 8.41. The molecule has 1 fully saturated rings. The van der Waals surface area contributed by atoms with Crippen LogP contribution in [-0.2, 0) is 10.0 Å². The Kier molecular flexibility index (Phi) is 6.60. The summed E-state index contributed by atoms with van der Waals surface area (Å²) in [5.74, 6) is 1.50. The lowest BCUT2D eigenvalue weighted by Gasteiger charge is -2.12. The molecule has 0 saturated heterocycles. The van der Waals surface area contributed by atoms with E-state index in [-0.39, 0.29) is 5.75 Å². The van der Waals surface area contributed by atoms with Crippen LogP contribution in [0.1, 0.15) is 46.5 Å². The lowest BCUT2D eigenvalue weighted by molar-refractivity contribution is 0.490. The van der Waals surface area contributed by atoms with Gasteiger partial charge in [0.1, 0.15) is 0 Å². The van der Waals surface area contributed by atoms with Gasteiger partial charge in [-0.1, -0.05) is 20.8 Å². The second-order valence-corrected chi connectivity index (χ2v) is 7.72. The summed E-state index contributed by atoms with van der Waals surface area (Å²) in [5, 5.41) is 3.29. The van der Waals surface area contributed by atoms with Gasteiger partial charge in [0, 0.05) is 12.6 Å². The van der Waals surface area contributed by atoms with Crippen molar-refractivity contribution in [3.63, 3.8) is 0 Å². The quantitative estimate of drug-likeness (QED) is 0.597. The molecule has 0 heterocycles.